The molecule has 2 aromatic carbocycles. The summed E-state index contributed by atoms with van der Waals surface area (Å²) in [5, 5.41) is 9.33. The van der Waals surface area contributed by atoms with Gasteiger partial charge in [-0.2, -0.15) is 0 Å². The fraction of sp³-hybridized carbons (Fsp3) is 0.0952. The molecule has 6 nitrogen and oxygen atoms in total. The van der Waals surface area contributed by atoms with Crippen molar-refractivity contribution >= 4 is 46.3 Å². The molecule has 1 heterocycles. The number of amides is 2. The Balaban J connectivity index is 1.75. The SMILES string of the molecule is CC(=O)Nc1cccc(NC(=O)c2ccnc(Nc3cccc(Cl)c3C)c2)c1. The summed E-state index contributed by atoms with van der Waals surface area (Å²) in [6, 6.07) is 15.8. The topological polar surface area (TPSA) is 83.1 Å². The maximum atomic E-state index is 12.6. The second kappa shape index (κ2) is 8.54. The molecule has 0 bridgehead atoms. The molecule has 28 heavy (non-hydrogen) atoms. The summed E-state index contributed by atoms with van der Waals surface area (Å²) >= 11 is 6.15. The summed E-state index contributed by atoms with van der Waals surface area (Å²) in [5.41, 5.74) is 3.35. The normalized spacial score (nSPS) is 10.2. The molecule has 2 amide bonds. The van der Waals surface area contributed by atoms with Gasteiger partial charge in [-0.25, -0.2) is 4.98 Å². The number of pyridine rings is 1. The van der Waals surface area contributed by atoms with Crippen molar-refractivity contribution in [2.45, 2.75) is 13.8 Å². The van der Waals surface area contributed by atoms with Gasteiger partial charge in [-0.05, 0) is 55.0 Å². The highest BCUT2D eigenvalue weighted by Gasteiger charge is 2.09. The summed E-state index contributed by atoms with van der Waals surface area (Å²) < 4.78 is 0. The number of nitrogens with zero attached hydrogens (tertiary/aromatic N) is 1. The third kappa shape index (κ3) is 4.86. The first-order chi connectivity index (χ1) is 13.4. The molecule has 0 spiro atoms. The van der Waals surface area contributed by atoms with Crippen LogP contribution in [0.4, 0.5) is 22.9 Å². The van der Waals surface area contributed by atoms with Gasteiger partial charge >= 0.3 is 0 Å². The molecule has 0 radical (unpaired) electrons. The van der Waals surface area contributed by atoms with E-state index in [1.807, 2.05) is 25.1 Å². The van der Waals surface area contributed by atoms with Crippen LogP contribution in [0.15, 0.2) is 60.8 Å². The molecule has 3 aromatic rings. The van der Waals surface area contributed by atoms with Crippen LogP contribution in [0.25, 0.3) is 0 Å². The summed E-state index contributed by atoms with van der Waals surface area (Å²) in [6.07, 6.45) is 1.56. The Morgan fingerprint density at radius 1 is 0.964 bits per heavy atom. The molecule has 0 aliphatic heterocycles. The molecule has 142 valence electrons. The number of nitrogens with one attached hydrogen (secondary N) is 3. The van der Waals surface area contributed by atoms with Gasteiger partial charge in [-0.3, -0.25) is 9.59 Å². The van der Waals surface area contributed by atoms with Gasteiger partial charge in [0, 0.05) is 40.8 Å². The van der Waals surface area contributed by atoms with Crippen LogP contribution < -0.4 is 16.0 Å². The van der Waals surface area contributed by atoms with Crippen LogP contribution in [0.5, 0.6) is 0 Å². The van der Waals surface area contributed by atoms with E-state index in [0.29, 0.717) is 27.8 Å². The monoisotopic (exact) mass is 394 g/mol. The molecule has 1 aromatic heterocycles. The van der Waals surface area contributed by atoms with Crippen LogP contribution in [-0.2, 0) is 4.79 Å². The van der Waals surface area contributed by atoms with Crippen molar-refractivity contribution in [3.05, 3.63) is 76.9 Å². The highest BCUT2D eigenvalue weighted by molar-refractivity contribution is 6.31. The minimum Gasteiger partial charge on any atom is -0.340 e. The molecule has 0 fully saturated rings. The molecular formula is C21H19ClN4O2. The first-order valence-corrected chi connectivity index (χ1v) is 8.97. The van der Waals surface area contributed by atoms with Gasteiger partial charge in [0.25, 0.3) is 5.91 Å². The van der Waals surface area contributed by atoms with Crippen LogP contribution in [-0.4, -0.2) is 16.8 Å². The fourth-order valence-corrected chi connectivity index (χ4v) is 2.78. The van der Waals surface area contributed by atoms with E-state index in [-0.39, 0.29) is 11.8 Å². The molecular weight excluding hydrogens is 376 g/mol. The summed E-state index contributed by atoms with van der Waals surface area (Å²) in [6.45, 7) is 3.33. The van der Waals surface area contributed by atoms with Crippen molar-refractivity contribution in [3.63, 3.8) is 0 Å². The minimum absolute atomic E-state index is 0.176. The number of hydrogen-bond acceptors (Lipinski definition) is 4. The van der Waals surface area contributed by atoms with Crippen LogP contribution in [0.2, 0.25) is 5.02 Å². The van der Waals surface area contributed by atoms with Gasteiger partial charge in [0.2, 0.25) is 5.91 Å². The lowest BCUT2D eigenvalue weighted by Crippen LogP contribution is -2.13. The second-order valence-electron chi connectivity index (χ2n) is 6.18. The van der Waals surface area contributed by atoms with Crippen LogP contribution in [0, 0.1) is 6.92 Å². The summed E-state index contributed by atoms with van der Waals surface area (Å²) in [7, 11) is 0. The standard InChI is InChI=1S/C21H19ClN4O2/c1-13-18(22)7-4-8-19(13)26-20-11-15(9-10-23-20)21(28)25-17-6-3-5-16(12-17)24-14(2)27/h3-12H,1-2H3,(H,23,26)(H,24,27)(H,25,28). The average molecular weight is 395 g/mol. The van der Waals surface area contributed by atoms with Crippen molar-refractivity contribution < 1.29 is 9.59 Å². The number of carbonyl (C=O) groups is 2. The van der Waals surface area contributed by atoms with Crippen LogP contribution in [0.1, 0.15) is 22.8 Å². The number of rotatable bonds is 5. The van der Waals surface area contributed by atoms with E-state index in [9.17, 15) is 9.59 Å². The fourth-order valence-electron chi connectivity index (χ4n) is 2.60. The Bertz CT molecular complexity index is 1040. The van der Waals surface area contributed by atoms with E-state index in [0.717, 1.165) is 11.3 Å². The predicted octanol–water partition coefficient (Wildman–Crippen LogP) is 5.00. The van der Waals surface area contributed by atoms with Crippen molar-refractivity contribution in [3.8, 4) is 0 Å². The number of carbonyl (C=O) groups excluding carboxylic acids is 2. The predicted molar refractivity (Wildman–Crippen MR) is 112 cm³/mol. The van der Waals surface area contributed by atoms with Gasteiger partial charge in [-0.1, -0.05) is 23.7 Å². The van der Waals surface area contributed by atoms with E-state index in [2.05, 4.69) is 20.9 Å². The van der Waals surface area contributed by atoms with Gasteiger partial charge < -0.3 is 16.0 Å². The number of hydrogen-bond donors (Lipinski definition) is 3. The van der Waals surface area contributed by atoms with E-state index in [4.69, 9.17) is 11.6 Å². The minimum atomic E-state index is -0.284. The maximum Gasteiger partial charge on any atom is 0.255 e. The highest BCUT2D eigenvalue weighted by Crippen LogP contribution is 2.25. The van der Waals surface area contributed by atoms with Crippen molar-refractivity contribution in [1.29, 1.82) is 0 Å². The van der Waals surface area contributed by atoms with Gasteiger partial charge in [0.15, 0.2) is 0 Å². The zero-order valence-electron chi connectivity index (χ0n) is 15.4. The van der Waals surface area contributed by atoms with E-state index >= 15 is 0 Å². The van der Waals surface area contributed by atoms with E-state index < -0.39 is 0 Å². The largest absolute Gasteiger partial charge is 0.340 e. The zero-order valence-corrected chi connectivity index (χ0v) is 16.2. The third-order valence-electron chi connectivity index (χ3n) is 3.99. The van der Waals surface area contributed by atoms with Crippen molar-refractivity contribution in [1.82, 2.24) is 4.98 Å². The quantitative estimate of drug-likeness (QED) is 0.568. The molecule has 0 aliphatic rings. The van der Waals surface area contributed by atoms with E-state index in [1.165, 1.54) is 6.92 Å². The Morgan fingerprint density at radius 3 is 2.43 bits per heavy atom. The molecule has 0 atom stereocenters. The Hall–Kier alpha value is -3.38. The van der Waals surface area contributed by atoms with Gasteiger partial charge in [-0.15, -0.1) is 0 Å². The highest BCUT2D eigenvalue weighted by atomic mass is 35.5. The molecule has 0 aliphatic carbocycles. The molecule has 7 heteroatoms. The van der Waals surface area contributed by atoms with Crippen molar-refractivity contribution in [2.75, 3.05) is 16.0 Å². The lowest BCUT2D eigenvalue weighted by atomic mass is 10.2. The molecule has 3 rings (SSSR count). The molecule has 3 N–H and O–H groups in total. The van der Waals surface area contributed by atoms with Crippen LogP contribution in [0.3, 0.4) is 0 Å². The Labute approximate surface area is 168 Å². The first kappa shape index (κ1) is 19.4. The second-order valence-corrected chi connectivity index (χ2v) is 6.59. The lowest BCUT2D eigenvalue weighted by molar-refractivity contribution is -0.114. The molecule has 0 saturated heterocycles. The third-order valence-corrected chi connectivity index (χ3v) is 4.40. The Morgan fingerprint density at radius 2 is 1.68 bits per heavy atom. The van der Waals surface area contributed by atoms with Crippen LogP contribution >= 0.6 is 11.6 Å². The lowest BCUT2D eigenvalue weighted by Gasteiger charge is -2.11. The average Bonchev–Trinajstić information content (AvgIpc) is 2.65. The number of anilines is 4. The van der Waals surface area contributed by atoms with Gasteiger partial charge in [0.05, 0.1) is 0 Å². The zero-order chi connectivity index (χ0) is 20.1. The summed E-state index contributed by atoms with van der Waals surface area (Å²) in [5.74, 6) is 0.0721. The van der Waals surface area contributed by atoms with E-state index in [1.54, 1.807) is 42.6 Å². The molecule has 0 saturated carbocycles. The number of halogens is 1. The summed E-state index contributed by atoms with van der Waals surface area (Å²) in [4.78, 5) is 28.0. The van der Waals surface area contributed by atoms with Crippen molar-refractivity contribution in [2.24, 2.45) is 0 Å². The maximum absolute atomic E-state index is 12.6. The van der Waals surface area contributed by atoms with Gasteiger partial charge in [0.1, 0.15) is 5.82 Å². The molecule has 0 unspecified atom stereocenters. The Kier molecular flexibility index (Phi) is 5.91. The first-order valence-electron chi connectivity index (χ1n) is 8.59. The number of benzene rings is 2. The smallest absolute Gasteiger partial charge is 0.255 e. The number of aromatic nitrogens is 1.